The van der Waals surface area contributed by atoms with Gasteiger partial charge in [0, 0.05) is 24.0 Å². The number of aromatic nitrogens is 4. The fraction of sp³-hybridized carbons (Fsp3) is 0.217. The zero-order chi connectivity index (χ0) is 39.3. The molecule has 56 heavy (non-hydrogen) atoms. The first-order chi connectivity index (χ1) is 27.2. The number of carbonyl (C=O) groups excluding carboxylic acids is 2. The number of rotatable bonds is 13. The summed E-state index contributed by atoms with van der Waals surface area (Å²) in [5, 5.41) is 19.7. The van der Waals surface area contributed by atoms with E-state index >= 15 is 0 Å². The summed E-state index contributed by atoms with van der Waals surface area (Å²) in [5.41, 5.74) is 7.41. The van der Waals surface area contributed by atoms with Crippen LogP contribution >= 0.6 is 0 Å². The van der Waals surface area contributed by atoms with Gasteiger partial charge < -0.3 is 9.47 Å². The first kappa shape index (κ1) is 37.8. The van der Waals surface area contributed by atoms with E-state index in [0.29, 0.717) is 23.7 Å². The van der Waals surface area contributed by atoms with Gasteiger partial charge in [0.2, 0.25) is 12.6 Å². The third kappa shape index (κ3) is 7.07. The summed E-state index contributed by atoms with van der Waals surface area (Å²) in [7, 11) is 2.01. The van der Waals surface area contributed by atoms with Crippen LogP contribution in [0.5, 0.6) is 0 Å². The maximum Gasteiger partial charge on any atom is 0.349 e. The molecule has 1 aromatic heterocycles. The Morgan fingerprint density at radius 2 is 1.23 bits per heavy atom. The number of ether oxygens (including phenoxy) is 2. The minimum absolute atomic E-state index is 0.0467. The van der Waals surface area contributed by atoms with E-state index < -0.39 is 24.3 Å². The highest BCUT2D eigenvalue weighted by Crippen LogP contribution is 2.42. The Kier molecular flexibility index (Phi) is 10.8. The highest BCUT2D eigenvalue weighted by Gasteiger charge is 2.45. The van der Waals surface area contributed by atoms with Crippen molar-refractivity contribution in [2.75, 3.05) is 20.4 Å². The molecule has 0 fully saturated rings. The molecule has 0 radical (unpaired) electrons. The number of hydrogen-bond donors (Lipinski definition) is 0. The monoisotopic (exact) mass is 745 g/mol. The molecule has 10 heteroatoms. The second-order valence-corrected chi connectivity index (χ2v) is 14.2. The number of hydrogen-bond acceptors (Lipinski definition) is 8. The highest BCUT2D eigenvalue weighted by molar-refractivity contribution is 6.25. The molecular formula is C46H45N6O4+. The van der Waals surface area contributed by atoms with Crippen LogP contribution in [0.1, 0.15) is 56.4 Å². The molecular weight excluding hydrogens is 701 g/mol. The lowest BCUT2D eigenvalue weighted by Gasteiger charge is -2.34. The summed E-state index contributed by atoms with van der Waals surface area (Å²) < 4.78 is 10.6. The summed E-state index contributed by atoms with van der Waals surface area (Å²) in [6.45, 7) is 7.59. The molecule has 10 nitrogen and oxygen atoms in total. The van der Waals surface area contributed by atoms with Crippen LogP contribution in [0.3, 0.4) is 0 Å². The van der Waals surface area contributed by atoms with Crippen molar-refractivity contribution in [3.63, 3.8) is 0 Å². The second-order valence-electron chi connectivity index (χ2n) is 14.2. The summed E-state index contributed by atoms with van der Waals surface area (Å²) >= 11 is 0. The van der Waals surface area contributed by atoms with Crippen molar-refractivity contribution in [3.05, 3.63) is 167 Å². The van der Waals surface area contributed by atoms with Gasteiger partial charge in [0.1, 0.15) is 12.3 Å². The zero-order valence-corrected chi connectivity index (χ0v) is 32.3. The molecule has 2 heterocycles. The van der Waals surface area contributed by atoms with E-state index in [1.165, 1.54) is 6.92 Å². The van der Waals surface area contributed by atoms with Crippen LogP contribution < -0.4 is 0 Å². The van der Waals surface area contributed by atoms with Crippen LogP contribution in [0, 0.1) is 5.92 Å². The van der Waals surface area contributed by atoms with Crippen LogP contribution in [0.15, 0.2) is 150 Å². The molecule has 1 aliphatic heterocycles. The third-order valence-corrected chi connectivity index (χ3v) is 10.1. The first-order valence-corrected chi connectivity index (χ1v) is 18.9. The van der Waals surface area contributed by atoms with E-state index in [1.54, 1.807) is 4.80 Å². The molecule has 0 saturated heterocycles. The summed E-state index contributed by atoms with van der Waals surface area (Å²) in [4.78, 5) is 26.8. The van der Waals surface area contributed by atoms with E-state index in [-0.39, 0.29) is 10.5 Å². The van der Waals surface area contributed by atoms with Crippen molar-refractivity contribution in [1.29, 1.82) is 0 Å². The molecule has 7 rings (SSSR count). The van der Waals surface area contributed by atoms with Crippen molar-refractivity contribution in [2.45, 2.75) is 39.7 Å². The normalized spacial score (nSPS) is 15.5. The minimum Gasteiger partial charge on any atom is -0.428 e. The molecule has 6 aromatic rings. The molecule has 282 valence electrons. The lowest BCUT2D eigenvalue weighted by molar-refractivity contribution is -0.844. The Bertz CT molecular complexity index is 2290. The van der Waals surface area contributed by atoms with Gasteiger partial charge in [0.25, 0.3) is 0 Å². The van der Waals surface area contributed by atoms with Gasteiger partial charge in [-0.3, -0.25) is 4.79 Å². The van der Waals surface area contributed by atoms with Crippen molar-refractivity contribution in [3.8, 4) is 22.5 Å². The predicted octanol–water partition coefficient (Wildman–Crippen LogP) is 8.50. The van der Waals surface area contributed by atoms with Crippen LogP contribution in [0.2, 0.25) is 0 Å². The molecule has 0 aliphatic carbocycles. The minimum atomic E-state index is -0.905. The Labute approximate surface area is 327 Å². The maximum atomic E-state index is 13.7. The third-order valence-electron chi connectivity index (χ3n) is 10.1. The van der Waals surface area contributed by atoms with E-state index in [1.807, 2.05) is 124 Å². The van der Waals surface area contributed by atoms with Crippen molar-refractivity contribution in [1.82, 2.24) is 20.2 Å². The molecule has 0 N–H and O–H groups in total. The molecule has 0 bridgehead atoms. The molecule has 1 unspecified atom stereocenters. The van der Waals surface area contributed by atoms with Gasteiger partial charge in [-0.15, -0.1) is 15.0 Å². The molecule has 1 aliphatic rings. The second kappa shape index (κ2) is 16.1. The SMILES string of the molecule is CCC[N+]1(C)N=C(C(C)C)C(C(=O)OCOC(C)=O)=C1c1ccc(-c2ccccc2-c2nnn(C(c3ccccc3)(c3ccccc3)c3ccccc3)n2)cc1. The molecule has 0 spiro atoms. The number of quaternary nitrogens is 1. The average Bonchev–Trinajstić information content (AvgIpc) is 3.83. The standard InChI is InChI=1S/C46H45N6O4/c1-6-30-52(5)43(41(42(49-52)32(2)3)45(54)56-31-55-33(4)53)35-28-26-34(27-29-35)39-24-16-17-25-40(39)44-47-50-51(48-44)46(36-18-10-7-11-19-36,37-20-12-8-13-21-37)38-22-14-9-15-23-38/h7-29,32H,6,30-31H2,1-5H3/q+1. The number of carbonyl (C=O) groups is 2. The number of benzene rings is 5. The Morgan fingerprint density at radius 1 is 0.714 bits per heavy atom. The van der Waals surface area contributed by atoms with E-state index in [0.717, 1.165) is 51.1 Å². The van der Waals surface area contributed by atoms with E-state index in [9.17, 15) is 9.59 Å². The Morgan fingerprint density at radius 3 is 1.75 bits per heavy atom. The fourth-order valence-electron chi connectivity index (χ4n) is 7.65. The van der Waals surface area contributed by atoms with Gasteiger partial charge in [-0.25, -0.2) is 4.79 Å². The van der Waals surface area contributed by atoms with Gasteiger partial charge in [-0.2, -0.15) is 4.59 Å². The smallest absolute Gasteiger partial charge is 0.349 e. The molecule has 1 atom stereocenters. The quantitative estimate of drug-likeness (QED) is 0.0505. The van der Waals surface area contributed by atoms with Crippen LogP contribution in [-0.2, 0) is 24.6 Å². The Hall–Kier alpha value is -6.52. The fourth-order valence-corrected chi connectivity index (χ4v) is 7.65. The van der Waals surface area contributed by atoms with Gasteiger partial charge >= 0.3 is 11.9 Å². The van der Waals surface area contributed by atoms with Crippen molar-refractivity contribution in [2.24, 2.45) is 11.0 Å². The summed E-state index contributed by atoms with van der Waals surface area (Å²) in [6.07, 6.45) is 0.837. The molecule has 5 aromatic carbocycles. The summed E-state index contributed by atoms with van der Waals surface area (Å²) in [5.74, 6) is -0.669. The number of tetrazole rings is 1. The lowest BCUT2D eigenvalue weighted by atomic mass is 9.77. The highest BCUT2D eigenvalue weighted by atomic mass is 16.7. The first-order valence-electron chi connectivity index (χ1n) is 18.9. The maximum absolute atomic E-state index is 13.7. The van der Waals surface area contributed by atoms with Gasteiger partial charge in [0.05, 0.1) is 7.05 Å². The summed E-state index contributed by atoms with van der Waals surface area (Å²) in [6, 6.07) is 46.9. The van der Waals surface area contributed by atoms with Crippen LogP contribution in [0.4, 0.5) is 0 Å². The van der Waals surface area contributed by atoms with Gasteiger partial charge in [-0.1, -0.05) is 153 Å². The average molecular weight is 746 g/mol. The largest absolute Gasteiger partial charge is 0.428 e. The molecule has 0 amide bonds. The zero-order valence-electron chi connectivity index (χ0n) is 32.3. The topological polar surface area (TPSA) is 109 Å². The molecule has 0 saturated carbocycles. The van der Waals surface area contributed by atoms with Gasteiger partial charge in [0.15, 0.2) is 16.8 Å². The van der Waals surface area contributed by atoms with E-state index in [2.05, 4.69) is 43.3 Å². The van der Waals surface area contributed by atoms with Crippen molar-refractivity contribution >= 4 is 23.3 Å². The van der Waals surface area contributed by atoms with Crippen LogP contribution in [-0.4, -0.2) is 62.8 Å². The number of nitrogens with zero attached hydrogens (tertiary/aromatic N) is 6. The Balaban J connectivity index is 1.31. The van der Waals surface area contributed by atoms with Gasteiger partial charge in [-0.05, 0) is 51.6 Å². The van der Waals surface area contributed by atoms with E-state index in [4.69, 9.17) is 30.0 Å². The van der Waals surface area contributed by atoms with Crippen molar-refractivity contribution < 1.29 is 23.7 Å². The number of esters is 2. The predicted molar refractivity (Wildman–Crippen MR) is 217 cm³/mol. The lowest BCUT2D eigenvalue weighted by Crippen LogP contribution is -2.39. The van der Waals surface area contributed by atoms with Crippen LogP contribution in [0.25, 0.3) is 28.2 Å².